The second-order valence-electron chi connectivity index (χ2n) is 3.71. The zero-order valence-electron chi connectivity index (χ0n) is 8.25. The zero-order valence-corrected chi connectivity index (χ0v) is 9.14. The largest absolute Gasteiger partial charge is 0.444 e. The lowest BCUT2D eigenvalue weighted by Crippen LogP contribution is -2.40. The molecule has 1 atom stereocenters. The van der Waals surface area contributed by atoms with E-state index in [1.165, 1.54) is 0 Å². The zero-order chi connectivity index (χ0) is 10.6. The average Bonchev–Trinajstić information content (AvgIpc) is 1.81. The first-order valence-electron chi connectivity index (χ1n) is 3.94. The van der Waals surface area contributed by atoms with Gasteiger partial charge in [0.2, 0.25) is 5.12 Å². The predicted molar refractivity (Wildman–Crippen MR) is 52.8 cm³/mol. The SMILES string of the molecule is C[C@H](NC(=O)OC(C)(C)C)C(=O)S. The molecule has 5 heteroatoms. The molecule has 4 nitrogen and oxygen atoms in total. The lowest BCUT2D eigenvalue weighted by Gasteiger charge is -2.20. The number of ether oxygens (including phenoxy) is 1. The minimum absolute atomic E-state index is 0.397. The number of carbonyl (C=O) groups is 2. The smallest absolute Gasteiger partial charge is 0.408 e. The van der Waals surface area contributed by atoms with Crippen molar-refractivity contribution in [3.8, 4) is 0 Å². The number of hydrogen-bond donors (Lipinski definition) is 2. The predicted octanol–water partition coefficient (Wildman–Crippen LogP) is 1.36. The van der Waals surface area contributed by atoms with Gasteiger partial charge in [-0.2, -0.15) is 0 Å². The molecular weight excluding hydrogens is 190 g/mol. The van der Waals surface area contributed by atoms with Crippen LogP contribution in [0.15, 0.2) is 0 Å². The van der Waals surface area contributed by atoms with Crippen LogP contribution in [-0.2, 0) is 9.53 Å². The number of alkyl carbamates (subject to hydrolysis) is 1. The van der Waals surface area contributed by atoms with E-state index in [4.69, 9.17) is 4.74 Å². The van der Waals surface area contributed by atoms with Crippen LogP contribution in [0.2, 0.25) is 0 Å². The van der Waals surface area contributed by atoms with Crippen molar-refractivity contribution in [3.05, 3.63) is 0 Å². The number of rotatable bonds is 2. The lowest BCUT2D eigenvalue weighted by molar-refractivity contribution is -0.112. The second kappa shape index (κ2) is 4.50. The summed E-state index contributed by atoms with van der Waals surface area (Å²) in [6.07, 6.45) is -0.609. The minimum atomic E-state index is -0.627. The van der Waals surface area contributed by atoms with E-state index in [0.29, 0.717) is 0 Å². The fraction of sp³-hybridized carbons (Fsp3) is 0.750. The van der Waals surface area contributed by atoms with E-state index in [1.54, 1.807) is 27.7 Å². The topological polar surface area (TPSA) is 55.4 Å². The summed E-state index contributed by atoms with van der Waals surface area (Å²) in [6.45, 7) is 6.79. The molecule has 0 saturated heterocycles. The van der Waals surface area contributed by atoms with Crippen LogP contribution >= 0.6 is 12.6 Å². The standard InChI is InChI=1S/C8H15NO3S/c1-5(6(10)13)9-7(11)12-8(2,3)4/h5H,1-4H3,(H,9,11)(H,10,13)/t5-/m0/s1. The van der Waals surface area contributed by atoms with Crippen molar-refractivity contribution in [1.82, 2.24) is 5.32 Å². The molecule has 13 heavy (non-hydrogen) atoms. The minimum Gasteiger partial charge on any atom is -0.444 e. The number of amides is 1. The molecule has 0 aromatic heterocycles. The molecule has 0 aromatic carbocycles. The molecule has 76 valence electrons. The Kier molecular flexibility index (Phi) is 4.26. The molecule has 0 aromatic rings. The summed E-state index contributed by atoms with van der Waals surface area (Å²) in [6, 6.07) is -0.627. The summed E-state index contributed by atoms with van der Waals surface area (Å²) in [4.78, 5) is 21.7. The van der Waals surface area contributed by atoms with Crippen molar-refractivity contribution < 1.29 is 14.3 Å². The van der Waals surface area contributed by atoms with Crippen LogP contribution in [0.4, 0.5) is 4.79 Å². The molecule has 0 heterocycles. The van der Waals surface area contributed by atoms with Gasteiger partial charge in [-0.15, -0.1) is 12.6 Å². The van der Waals surface area contributed by atoms with Gasteiger partial charge >= 0.3 is 6.09 Å². The molecule has 0 aliphatic rings. The molecule has 0 saturated carbocycles. The first-order chi connectivity index (χ1) is 5.72. The molecule has 0 spiro atoms. The monoisotopic (exact) mass is 205 g/mol. The molecular formula is C8H15NO3S. The van der Waals surface area contributed by atoms with Crippen molar-refractivity contribution >= 4 is 23.8 Å². The van der Waals surface area contributed by atoms with E-state index in [9.17, 15) is 9.59 Å². The van der Waals surface area contributed by atoms with E-state index < -0.39 is 22.9 Å². The fourth-order valence-corrected chi connectivity index (χ4v) is 0.611. The molecule has 0 radical (unpaired) electrons. The second-order valence-corrected chi connectivity index (χ2v) is 4.15. The van der Waals surface area contributed by atoms with Crippen LogP contribution in [0, 0.1) is 0 Å². The highest BCUT2D eigenvalue weighted by Gasteiger charge is 2.19. The van der Waals surface area contributed by atoms with Crippen LogP contribution in [-0.4, -0.2) is 22.9 Å². The molecule has 0 rings (SSSR count). The third-order valence-electron chi connectivity index (χ3n) is 1.10. The third-order valence-corrected chi connectivity index (χ3v) is 1.49. The van der Waals surface area contributed by atoms with Crippen molar-refractivity contribution in [2.45, 2.75) is 39.3 Å². The average molecular weight is 205 g/mol. The van der Waals surface area contributed by atoms with Gasteiger partial charge in [-0.05, 0) is 27.7 Å². The van der Waals surface area contributed by atoms with E-state index in [-0.39, 0.29) is 0 Å². The first kappa shape index (κ1) is 12.3. The summed E-state index contributed by atoms with van der Waals surface area (Å²) in [5.74, 6) is 0. The summed E-state index contributed by atoms with van der Waals surface area (Å²) in [7, 11) is 0. The van der Waals surface area contributed by atoms with Crippen LogP contribution in [0.3, 0.4) is 0 Å². The number of carbonyl (C=O) groups excluding carboxylic acids is 2. The van der Waals surface area contributed by atoms with Gasteiger partial charge in [-0.1, -0.05) is 0 Å². The Morgan fingerprint density at radius 1 is 1.38 bits per heavy atom. The number of hydrogen-bond acceptors (Lipinski definition) is 3. The van der Waals surface area contributed by atoms with Gasteiger partial charge in [0, 0.05) is 0 Å². The van der Waals surface area contributed by atoms with Gasteiger partial charge in [0.05, 0.1) is 6.04 Å². The Balaban J connectivity index is 3.96. The highest BCUT2D eigenvalue weighted by Crippen LogP contribution is 2.06. The highest BCUT2D eigenvalue weighted by molar-refractivity contribution is 7.96. The maximum atomic E-state index is 11.1. The van der Waals surface area contributed by atoms with Crippen LogP contribution in [0.25, 0.3) is 0 Å². The third kappa shape index (κ3) is 6.45. The normalized spacial score (nSPS) is 13.3. The first-order valence-corrected chi connectivity index (χ1v) is 4.39. The quantitative estimate of drug-likeness (QED) is 0.669. The molecule has 0 fully saturated rings. The molecule has 0 aliphatic carbocycles. The number of nitrogens with one attached hydrogen (secondary N) is 1. The molecule has 0 unspecified atom stereocenters. The van der Waals surface area contributed by atoms with Crippen molar-refractivity contribution in [3.63, 3.8) is 0 Å². The van der Waals surface area contributed by atoms with Gasteiger partial charge in [-0.25, -0.2) is 4.79 Å². The molecule has 1 amide bonds. The number of thiol groups is 1. The van der Waals surface area contributed by atoms with Gasteiger partial charge in [0.25, 0.3) is 0 Å². The Morgan fingerprint density at radius 3 is 2.15 bits per heavy atom. The maximum Gasteiger partial charge on any atom is 0.408 e. The Labute approximate surface area is 83.4 Å². The molecule has 1 N–H and O–H groups in total. The molecule has 0 bridgehead atoms. The highest BCUT2D eigenvalue weighted by atomic mass is 32.1. The van der Waals surface area contributed by atoms with E-state index >= 15 is 0 Å². The summed E-state index contributed by atoms with van der Waals surface area (Å²) in [5.41, 5.74) is -0.552. The van der Waals surface area contributed by atoms with Crippen molar-refractivity contribution in [1.29, 1.82) is 0 Å². The van der Waals surface area contributed by atoms with E-state index in [2.05, 4.69) is 17.9 Å². The van der Waals surface area contributed by atoms with Gasteiger partial charge < -0.3 is 10.1 Å². The van der Waals surface area contributed by atoms with E-state index in [0.717, 1.165) is 0 Å². The lowest BCUT2D eigenvalue weighted by atomic mass is 10.2. The maximum absolute atomic E-state index is 11.1. The van der Waals surface area contributed by atoms with Crippen LogP contribution in [0.1, 0.15) is 27.7 Å². The van der Waals surface area contributed by atoms with E-state index in [1.807, 2.05) is 0 Å². The van der Waals surface area contributed by atoms with Gasteiger partial charge in [0.1, 0.15) is 5.60 Å². The summed E-state index contributed by atoms with van der Waals surface area (Å²) in [5, 5.41) is 1.95. The fourth-order valence-electron chi connectivity index (χ4n) is 0.546. The van der Waals surface area contributed by atoms with Crippen LogP contribution in [0.5, 0.6) is 0 Å². The Bertz CT molecular complexity index is 210. The molecule has 0 aliphatic heterocycles. The summed E-state index contributed by atoms with van der Waals surface area (Å²) >= 11 is 3.57. The Morgan fingerprint density at radius 2 is 1.85 bits per heavy atom. The van der Waals surface area contributed by atoms with Crippen molar-refractivity contribution in [2.75, 3.05) is 0 Å². The van der Waals surface area contributed by atoms with Crippen LogP contribution < -0.4 is 5.32 Å². The van der Waals surface area contributed by atoms with Gasteiger partial charge in [-0.3, -0.25) is 4.79 Å². The Hall–Kier alpha value is -0.710. The van der Waals surface area contributed by atoms with Gasteiger partial charge in [0.15, 0.2) is 0 Å². The summed E-state index contributed by atoms with van der Waals surface area (Å²) < 4.78 is 4.92. The van der Waals surface area contributed by atoms with Crippen molar-refractivity contribution in [2.24, 2.45) is 0 Å².